The second-order valence-electron chi connectivity index (χ2n) is 10.9. The molecule has 6 rings (SSSR count). The average Bonchev–Trinajstić information content (AvgIpc) is 3.45. The lowest BCUT2D eigenvalue weighted by Gasteiger charge is -2.47. The second kappa shape index (κ2) is 8.67. The molecule has 1 saturated heterocycles. The minimum atomic E-state index is -1.32. The molecule has 0 unspecified atom stereocenters. The van der Waals surface area contributed by atoms with Gasteiger partial charge >= 0.3 is 0 Å². The van der Waals surface area contributed by atoms with E-state index in [1.165, 1.54) is 4.90 Å². The van der Waals surface area contributed by atoms with E-state index in [1.54, 1.807) is 31.2 Å². The molecule has 192 valence electrons. The van der Waals surface area contributed by atoms with Gasteiger partial charge in [0.15, 0.2) is 5.58 Å². The van der Waals surface area contributed by atoms with E-state index in [-0.39, 0.29) is 12.5 Å². The molecule has 3 aromatic carbocycles. The summed E-state index contributed by atoms with van der Waals surface area (Å²) in [7, 11) is 0. The highest BCUT2D eigenvalue weighted by atomic mass is 16.5. The van der Waals surface area contributed by atoms with Crippen LogP contribution in [-0.2, 0) is 9.59 Å². The Kier molecular flexibility index (Phi) is 5.51. The van der Waals surface area contributed by atoms with Crippen molar-refractivity contribution >= 4 is 39.2 Å². The summed E-state index contributed by atoms with van der Waals surface area (Å²) in [6.07, 6.45) is 1.44. The molecule has 0 spiro atoms. The maximum atomic E-state index is 14.1. The number of ether oxygens (including phenoxy) is 1. The minimum Gasteiger partial charge on any atom is -0.475 e. The van der Waals surface area contributed by atoms with Gasteiger partial charge in [0.2, 0.25) is 11.8 Å². The number of aromatic nitrogens is 1. The summed E-state index contributed by atoms with van der Waals surface area (Å²) in [5.41, 5.74) is -0.375. The SMILES string of the molecule is C[C@@]1(CCOc2noc3ccccc23)CC[C@@](C)(O)[C@H]2C(=O)N(c3ccc(C#N)c4ccccc34)C(=O)[C@H]21. The molecule has 4 aromatic rings. The third-order valence-electron chi connectivity index (χ3n) is 8.45. The van der Waals surface area contributed by atoms with Crippen molar-refractivity contribution in [1.29, 1.82) is 5.26 Å². The zero-order valence-corrected chi connectivity index (χ0v) is 21.2. The van der Waals surface area contributed by atoms with Crippen molar-refractivity contribution in [3.63, 3.8) is 0 Å². The van der Waals surface area contributed by atoms with Crippen molar-refractivity contribution in [2.45, 2.75) is 38.7 Å². The Bertz CT molecular complexity index is 1630. The number of para-hydroxylation sites is 1. The van der Waals surface area contributed by atoms with Gasteiger partial charge in [0.25, 0.3) is 5.88 Å². The molecule has 8 nitrogen and oxygen atoms in total. The quantitative estimate of drug-likeness (QED) is 0.377. The molecule has 2 fully saturated rings. The molecule has 1 aliphatic carbocycles. The van der Waals surface area contributed by atoms with Crippen LogP contribution in [0, 0.1) is 28.6 Å². The first kappa shape index (κ1) is 24.1. The smallest absolute Gasteiger partial charge is 0.262 e. The molecule has 0 radical (unpaired) electrons. The van der Waals surface area contributed by atoms with Crippen LogP contribution in [0.1, 0.15) is 38.7 Å². The van der Waals surface area contributed by atoms with E-state index in [0.29, 0.717) is 52.7 Å². The summed E-state index contributed by atoms with van der Waals surface area (Å²) in [5, 5.41) is 27.0. The Morgan fingerprint density at radius 1 is 1.00 bits per heavy atom. The molecule has 38 heavy (non-hydrogen) atoms. The van der Waals surface area contributed by atoms with Gasteiger partial charge in [-0.05, 0) is 61.0 Å². The number of benzene rings is 3. The molecule has 1 N–H and O–H groups in total. The molecular weight excluding hydrogens is 482 g/mol. The Balaban J connectivity index is 1.33. The van der Waals surface area contributed by atoms with Crippen molar-refractivity contribution in [1.82, 2.24) is 5.16 Å². The van der Waals surface area contributed by atoms with Gasteiger partial charge in [-0.25, -0.2) is 4.90 Å². The average molecular weight is 510 g/mol. The fourth-order valence-corrected chi connectivity index (χ4v) is 6.29. The van der Waals surface area contributed by atoms with Crippen LogP contribution in [0.15, 0.2) is 65.2 Å². The summed E-state index contributed by atoms with van der Waals surface area (Å²) in [5.74, 6) is -1.94. The Hall–Kier alpha value is -4.22. The van der Waals surface area contributed by atoms with E-state index in [4.69, 9.17) is 9.26 Å². The maximum Gasteiger partial charge on any atom is 0.262 e. The minimum absolute atomic E-state index is 0.277. The van der Waals surface area contributed by atoms with Crippen LogP contribution in [0.25, 0.3) is 21.7 Å². The monoisotopic (exact) mass is 509 g/mol. The van der Waals surface area contributed by atoms with E-state index in [1.807, 2.05) is 43.3 Å². The standard InChI is InChI=1S/C30H27N3O5/c1-29(15-16-37-26-21-9-5-6-10-23(21)38-32-26)13-14-30(2,36)25-24(29)27(34)33(28(25)35)22-12-11-18(17-31)19-7-3-4-8-20(19)22/h3-12,24-25,36H,13-16H2,1-2H3/t24-,25+,29-,30+/m0/s1. The van der Waals surface area contributed by atoms with E-state index in [9.17, 15) is 20.0 Å². The zero-order valence-electron chi connectivity index (χ0n) is 21.2. The largest absolute Gasteiger partial charge is 0.475 e. The van der Waals surface area contributed by atoms with Crippen LogP contribution < -0.4 is 9.64 Å². The lowest BCUT2D eigenvalue weighted by molar-refractivity contribution is -0.148. The number of amides is 2. The summed E-state index contributed by atoms with van der Waals surface area (Å²) in [6, 6.07) is 20.1. The van der Waals surface area contributed by atoms with Gasteiger partial charge in [-0.1, -0.05) is 43.3 Å². The molecule has 2 aliphatic rings. The Morgan fingerprint density at radius 2 is 1.68 bits per heavy atom. The van der Waals surface area contributed by atoms with Gasteiger partial charge in [0.05, 0.1) is 46.8 Å². The molecule has 2 heterocycles. The lowest BCUT2D eigenvalue weighted by atomic mass is 9.57. The lowest BCUT2D eigenvalue weighted by Crippen LogP contribution is -2.52. The topological polar surface area (TPSA) is 117 Å². The van der Waals surface area contributed by atoms with Crippen molar-refractivity contribution in [2.24, 2.45) is 17.3 Å². The number of carbonyl (C=O) groups is 2. The van der Waals surface area contributed by atoms with Crippen molar-refractivity contribution < 1.29 is 24.0 Å². The molecule has 1 saturated carbocycles. The summed E-state index contributed by atoms with van der Waals surface area (Å²) >= 11 is 0. The van der Waals surface area contributed by atoms with Crippen LogP contribution in [0.5, 0.6) is 5.88 Å². The molecule has 8 heteroatoms. The normalized spacial score (nSPS) is 27.1. The van der Waals surface area contributed by atoms with E-state index in [2.05, 4.69) is 11.2 Å². The highest BCUT2D eigenvalue weighted by Gasteiger charge is 2.64. The maximum absolute atomic E-state index is 14.1. The van der Waals surface area contributed by atoms with Crippen LogP contribution in [0.4, 0.5) is 5.69 Å². The number of hydrogen-bond acceptors (Lipinski definition) is 7. The van der Waals surface area contributed by atoms with Crippen LogP contribution in [0.3, 0.4) is 0 Å². The number of nitrogens with zero attached hydrogens (tertiary/aromatic N) is 3. The van der Waals surface area contributed by atoms with E-state index in [0.717, 1.165) is 5.39 Å². The fraction of sp³-hybridized carbons (Fsp3) is 0.333. The predicted octanol–water partition coefficient (Wildman–Crippen LogP) is 4.98. The third kappa shape index (κ3) is 3.57. The van der Waals surface area contributed by atoms with Gasteiger partial charge in [0, 0.05) is 10.8 Å². The summed E-state index contributed by atoms with van der Waals surface area (Å²) in [6.45, 7) is 3.92. The predicted molar refractivity (Wildman–Crippen MR) is 140 cm³/mol. The number of fused-ring (bicyclic) bond motifs is 3. The van der Waals surface area contributed by atoms with E-state index < -0.39 is 28.8 Å². The van der Waals surface area contributed by atoms with Gasteiger partial charge in [-0.3, -0.25) is 9.59 Å². The third-order valence-corrected chi connectivity index (χ3v) is 8.45. The van der Waals surface area contributed by atoms with Crippen LogP contribution >= 0.6 is 0 Å². The van der Waals surface area contributed by atoms with Gasteiger partial charge in [-0.15, -0.1) is 0 Å². The highest BCUT2D eigenvalue weighted by molar-refractivity contribution is 6.25. The fourth-order valence-electron chi connectivity index (χ4n) is 6.29. The number of carbonyl (C=O) groups excluding carboxylic acids is 2. The molecule has 2 amide bonds. The summed E-state index contributed by atoms with van der Waals surface area (Å²) < 4.78 is 11.3. The zero-order chi connectivity index (χ0) is 26.7. The number of aliphatic hydroxyl groups is 1. The van der Waals surface area contributed by atoms with Gasteiger partial charge < -0.3 is 14.4 Å². The molecular formula is C30H27N3O5. The van der Waals surface area contributed by atoms with Crippen molar-refractivity contribution in [3.8, 4) is 11.9 Å². The molecule has 1 aromatic heterocycles. The summed E-state index contributed by atoms with van der Waals surface area (Å²) in [4.78, 5) is 29.2. The number of rotatable bonds is 5. The van der Waals surface area contributed by atoms with Crippen LogP contribution in [0.2, 0.25) is 0 Å². The Labute approximate surface area is 219 Å². The van der Waals surface area contributed by atoms with Crippen LogP contribution in [-0.4, -0.2) is 34.3 Å². The number of nitriles is 1. The molecule has 4 atom stereocenters. The Morgan fingerprint density at radius 3 is 2.45 bits per heavy atom. The number of imide groups is 1. The second-order valence-corrected chi connectivity index (χ2v) is 10.9. The first-order valence-electron chi connectivity index (χ1n) is 12.7. The van der Waals surface area contributed by atoms with E-state index >= 15 is 0 Å². The van der Waals surface area contributed by atoms with Crippen molar-refractivity contribution in [3.05, 3.63) is 66.2 Å². The molecule has 1 aliphatic heterocycles. The number of anilines is 1. The first-order valence-corrected chi connectivity index (χ1v) is 12.7. The number of hydrogen-bond donors (Lipinski definition) is 1. The first-order chi connectivity index (χ1) is 18.2. The molecule has 0 bridgehead atoms. The highest BCUT2D eigenvalue weighted by Crippen LogP contribution is 2.55. The van der Waals surface area contributed by atoms with Gasteiger partial charge in [-0.2, -0.15) is 5.26 Å². The van der Waals surface area contributed by atoms with Gasteiger partial charge in [0.1, 0.15) is 0 Å². The van der Waals surface area contributed by atoms with Crippen molar-refractivity contribution in [2.75, 3.05) is 11.5 Å².